The molecule has 0 saturated carbocycles. The van der Waals surface area contributed by atoms with Gasteiger partial charge in [-0.25, -0.2) is 0 Å². The van der Waals surface area contributed by atoms with E-state index in [2.05, 4.69) is 0 Å². The summed E-state index contributed by atoms with van der Waals surface area (Å²) in [6.45, 7) is 1.35. The minimum absolute atomic E-state index is 0.276. The maximum absolute atomic E-state index is 11.7. The maximum Gasteiger partial charge on any atom is 0.260 e. The molecule has 0 aliphatic rings. The number of halogens is 1. The van der Waals surface area contributed by atoms with Crippen molar-refractivity contribution >= 4 is 23.4 Å². The Balaban J connectivity index is 2.87. The highest BCUT2D eigenvalue weighted by Crippen LogP contribution is 2.08. The summed E-state index contributed by atoms with van der Waals surface area (Å²) in [6.07, 6.45) is 0. The van der Waals surface area contributed by atoms with E-state index in [-0.39, 0.29) is 11.8 Å². The van der Waals surface area contributed by atoms with Crippen LogP contribution in [0.3, 0.4) is 0 Å². The molecule has 0 fully saturated rings. The SMILES string of the molecule is CC(=O)N(C)C(=O)c1ccc(CCl)cc1. The van der Waals surface area contributed by atoms with Crippen LogP contribution < -0.4 is 0 Å². The van der Waals surface area contributed by atoms with Gasteiger partial charge in [-0.1, -0.05) is 12.1 Å². The summed E-state index contributed by atoms with van der Waals surface area (Å²) >= 11 is 5.62. The van der Waals surface area contributed by atoms with E-state index in [0.717, 1.165) is 10.5 Å². The Kier molecular flexibility index (Phi) is 3.86. The first-order valence-corrected chi connectivity index (χ1v) is 5.03. The molecule has 0 radical (unpaired) electrons. The number of carbonyl (C=O) groups is 2. The molecule has 3 nitrogen and oxygen atoms in total. The van der Waals surface area contributed by atoms with Crippen molar-refractivity contribution < 1.29 is 9.59 Å². The molecule has 0 saturated heterocycles. The van der Waals surface area contributed by atoms with Gasteiger partial charge in [0, 0.05) is 25.4 Å². The van der Waals surface area contributed by atoms with E-state index in [1.54, 1.807) is 24.3 Å². The first-order chi connectivity index (χ1) is 7.06. The summed E-state index contributed by atoms with van der Waals surface area (Å²) in [4.78, 5) is 23.7. The Morgan fingerprint density at radius 1 is 1.27 bits per heavy atom. The second-order valence-electron chi connectivity index (χ2n) is 3.21. The molecule has 0 aliphatic heterocycles. The lowest BCUT2D eigenvalue weighted by atomic mass is 10.1. The summed E-state index contributed by atoms with van der Waals surface area (Å²) in [5, 5.41) is 0. The van der Waals surface area contributed by atoms with Gasteiger partial charge in [0.15, 0.2) is 0 Å². The highest BCUT2D eigenvalue weighted by atomic mass is 35.5. The van der Waals surface area contributed by atoms with Gasteiger partial charge in [-0.05, 0) is 17.7 Å². The van der Waals surface area contributed by atoms with Crippen LogP contribution >= 0.6 is 11.6 Å². The average Bonchev–Trinajstić information content (AvgIpc) is 2.27. The minimum atomic E-state index is -0.302. The van der Waals surface area contributed by atoms with Crippen LogP contribution in [0.15, 0.2) is 24.3 Å². The lowest BCUT2D eigenvalue weighted by Crippen LogP contribution is -2.30. The number of benzene rings is 1. The fourth-order valence-electron chi connectivity index (χ4n) is 1.07. The first kappa shape index (κ1) is 11.7. The van der Waals surface area contributed by atoms with E-state index in [4.69, 9.17) is 11.6 Å². The zero-order valence-electron chi connectivity index (χ0n) is 8.66. The van der Waals surface area contributed by atoms with Gasteiger partial charge in [0.2, 0.25) is 5.91 Å². The summed E-state index contributed by atoms with van der Waals surface area (Å²) in [5.41, 5.74) is 1.43. The highest BCUT2D eigenvalue weighted by molar-refractivity contribution is 6.17. The van der Waals surface area contributed by atoms with Crippen molar-refractivity contribution in [1.29, 1.82) is 0 Å². The van der Waals surface area contributed by atoms with Gasteiger partial charge >= 0.3 is 0 Å². The molecule has 15 heavy (non-hydrogen) atoms. The molecular weight excluding hydrogens is 214 g/mol. The molecule has 4 heteroatoms. The standard InChI is InChI=1S/C11H12ClNO2/c1-8(14)13(2)11(15)10-5-3-9(7-12)4-6-10/h3-6H,7H2,1-2H3. The third-order valence-corrected chi connectivity index (χ3v) is 2.44. The Hall–Kier alpha value is -1.35. The summed E-state index contributed by atoms with van der Waals surface area (Å²) in [6, 6.07) is 6.88. The van der Waals surface area contributed by atoms with Crippen LogP contribution in [0, 0.1) is 0 Å². The lowest BCUT2D eigenvalue weighted by molar-refractivity contribution is -0.125. The summed E-state index contributed by atoms with van der Waals surface area (Å²) < 4.78 is 0. The number of nitrogens with zero attached hydrogens (tertiary/aromatic N) is 1. The van der Waals surface area contributed by atoms with Crippen LogP contribution in [0.1, 0.15) is 22.8 Å². The molecule has 0 aromatic heterocycles. The molecule has 0 N–H and O–H groups in total. The van der Waals surface area contributed by atoms with Gasteiger partial charge in [-0.2, -0.15) is 0 Å². The van der Waals surface area contributed by atoms with Crippen molar-refractivity contribution in [3.63, 3.8) is 0 Å². The number of amides is 2. The number of hydrogen-bond donors (Lipinski definition) is 0. The second-order valence-corrected chi connectivity index (χ2v) is 3.48. The van der Waals surface area contributed by atoms with Crippen LogP contribution in [0.4, 0.5) is 0 Å². The highest BCUT2D eigenvalue weighted by Gasteiger charge is 2.14. The van der Waals surface area contributed by atoms with Crippen molar-refractivity contribution in [1.82, 2.24) is 4.90 Å². The molecule has 80 valence electrons. The van der Waals surface area contributed by atoms with E-state index in [9.17, 15) is 9.59 Å². The van der Waals surface area contributed by atoms with Crippen molar-refractivity contribution in [2.24, 2.45) is 0 Å². The monoisotopic (exact) mass is 225 g/mol. The third-order valence-electron chi connectivity index (χ3n) is 2.13. The molecule has 2 amide bonds. The number of carbonyl (C=O) groups excluding carboxylic acids is 2. The van der Waals surface area contributed by atoms with Crippen molar-refractivity contribution in [2.45, 2.75) is 12.8 Å². The predicted octanol–water partition coefficient (Wildman–Crippen LogP) is 2.04. The van der Waals surface area contributed by atoms with Gasteiger partial charge in [0.25, 0.3) is 5.91 Å². The van der Waals surface area contributed by atoms with Gasteiger partial charge < -0.3 is 0 Å². The normalized spacial score (nSPS) is 9.80. The van der Waals surface area contributed by atoms with Gasteiger partial charge in [-0.15, -0.1) is 11.6 Å². The van der Waals surface area contributed by atoms with Crippen molar-refractivity contribution in [3.8, 4) is 0 Å². The molecule has 1 aromatic carbocycles. The van der Waals surface area contributed by atoms with Gasteiger partial charge in [0.05, 0.1) is 0 Å². The Morgan fingerprint density at radius 3 is 2.20 bits per heavy atom. The Morgan fingerprint density at radius 2 is 1.80 bits per heavy atom. The topological polar surface area (TPSA) is 37.4 Å². The van der Waals surface area contributed by atoms with E-state index in [1.165, 1.54) is 14.0 Å². The Labute approximate surface area is 93.6 Å². The molecular formula is C11H12ClNO2. The van der Waals surface area contributed by atoms with E-state index in [1.807, 2.05) is 0 Å². The second kappa shape index (κ2) is 4.94. The average molecular weight is 226 g/mol. The fourth-order valence-corrected chi connectivity index (χ4v) is 1.25. The molecule has 1 rings (SSSR count). The van der Waals surface area contributed by atoms with Crippen LogP contribution in [0.5, 0.6) is 0 Å². The molecule has 0 spiro atoms. The van der Waals surface area contributed by atoms with Crippen LogP contribution in [-0.4, -0.2) is 23.8 Å². The zero-order chi connectivity index (χ0) is 11.4. The minimum Gasteiger partial charge on any atom is -0.282 e. The molecule has 0 unspecified atom stereocenters. The summed E-state index contributed by atoms with van der Waals surface area (Å²) in [5.74, 6) is -0.165. The number of rotatable bonds is 2. The molecule has 0 aliphatic carbocycles. The molecule has 0 atom stereocenters. The van der Waals surface area contributed by atoms with Crippen LogP contribution in [0.2, 0.25) is 0 Å². The van der Waals surface area contributed by atoms with Crippen molar-refractivity contribution in [3.05, 3.63) is 35.4 Å². The number of hydrogen-bond acceptors (Lipinski definition) is 2. The summed E-state index contributed by atoms with van der Waals surface area (Å²) in [7, 11) is 1.46. The van der Waals surface area contributed by atoms with Gasteiger partial charge in [0.1, 0.15) is 0 Å². The molecule has 0 bridgehead atoms. The zero-order valence-corrected chi connectivity index (χ0v) is 9.41. The maximum atomic E-state index is 11.7. The largest absolute Gasteiger partial charge is 0.282 e. The smallest absolute Gasteiger partial charge is 0.260 e. The van der Waals surface area contributed by atoms with Crippen LogP contribution in [-0.2, 0) is 10.7 Å². The van der Waals surface area contributed by atoms with E-state index in [0.29, 0.717) is 11.4 Å². The fraction of sp³-hybridized carbons (Fsp3) is 0.273. The lowest BCUT2D eigenvalue weighted by Gasteiger charge is -2.12. The van der Waals surface area contributed by atoms with Crippen LogP contribution in [0.25, 0.3) is 0 Å². The quantitative estimate of drug-likeness (QED) is 0.723. The molecule has 0 heterocycles. The predicted molar refractivity (Wildman–Crippen MR) is 58.8 cm³/mol. The van der Waals surface area contributed by atoms with Crippen molar-refractivity contribution in [2.75, 3.05) is 7.05 Å². The van der Waals surface area contributed by atoms with E-state index < -0.39 is 0 Å². The third kappa shape index (κ3) is 2.80. The Bertz CT molecular complexity index is 373. The number of imide groups is 1. The molecule has 1 aromatic rings. The number of alkyl halides is 1. The van der Waals surface area contributed by atoms with E-state index >= 15 is 0 Å². The first-order valence-electron chi connectivity index (χ1n) is 4.49. The van der Waals surface area contributed by atoms with Gasteiger partial charge in [-0.3, -0.25) is 14.5 Å².